The molecule has 14 heteroatoms. The minimum absolute atomic E-state index is 0.00471. The lowest BCUT2D eigenvalue weighted by Gasteiger charge is -2.26. The molecule has 2 bridgehead atoms. The van der Waals surface area contributed by atoms with Gasteiger partial charge in [0.1, 0.15) is 30.3 Å². The van der Waals surface area contributed by atoms with E-state index >= 15 is 0 Å². The van der Waals surface area contributed by atoms with Crippen LogP contribution in [0.1, 0.15) is 28.7 Å². The molecular formula is C44H43N5O8S. The molecular weight excluding hydrogens is 759 g/mol. The van der Waals surface area contributed by atoms with Crippen LogP contribution in [-0.4, -0.2) is 76.0 Å². The van der Waals surface area contributed by atoms with Gasteiger partial charge in [0.05, 0.1) is 6.42 Å². The largest absolute Gasteiger partial charge is 0.480 e. The number of rotatable bonds is 8. The van der Waals surface area contributed by atoms with Gasteiger partial charge in [0, 0.05) is 31.4 Å². The van der Waals surface area contributed by atoms with Gasteiger partial charge in [-0.1, -0.05) is 97.1 Å². The Morgan fingerprint density at radius 1 is 0.569 bits per heavy atom. The number of amides is 5. The Labute approximate surface area is 338 Å². The average Bonchev–Trinajstić information content (AvgIpc) is 3.74. The number of carbonyl (C=O) groups is 6. The van der Waals surface area contributed by atoms with Gasteiger partial charge in [-0.15, -0.1) is 0 Å². The molecule has 3 heterocycles. The molecule has 5 amide bonds. The van der Waals surface area contributed by atoms with E-state index in [1.165, 1.54) is 23.5 Å². The smallest absolute Gasteiger partial charge is 0.326 e. The molecule has 0 saturated heterocycles. The van der Waals surface area contributed by atoms with Crippen molar-refractivity contribution in [2.45, 2.75) is 62.4 Å². The van der Waals surface area contributed by atoms with Gasteiger partial charge < -0.3 is 36.8 Å². The quantitative estimate of drug-likeness (QED) is 0.116. The van der Waals surface area contributed by atoms with Crippen LogP contribution in [0.25, 0.3) is 11.1 Å². The van der Waals surface area contributed by atoms with Crippen molar-refractivity contribution in [1.82, 2.24) is 21.3 Å². The first kappa shape index (κ1) is 41.0. The number of carboxylic acids is 1. The maximum absolute atomic E-state index is 14.4. The van der Waals surface area contributed by atoms with E-state index in [4.69, 9.17) is 0 Å². The van der Waals surface area contributed by atoms with E-state index in [1.807, 2.05) is 65.4 Å². The van der Waals surface area contributed by atoms with Crippen molar-refractivity contribution >= 4 is 52.5 Å². The maximum atomic E-state index is 14.4. The molecule has 0 fully saturated rings. The molecule has 5 atom stereocenters. The van der Waals surface area contributed by atoms with Crippen LogP contribution < -0.4 is 26.6 Å². The number of anilines is 1. The van der Waals surface area contributed by atoms with Crippen LogP contribution in [0.3, 0.4) is 0 Å². The van der Waals surface area contributed by atoms with Gasteiger partial charge >= 0.3 is 5.97 Å². The number of hydrogen-bond donors (Lipinski definition) is 7. The lowest BCUT2D eigenvalue weighted by Crippen LogP contribution is -2.59. The normalized spacial score (nSPS) is 21.1. The average molecular weight is 802 g/mol. The molecule has 1 aromatic heterocycles. The molecule has 0 saturated carbocycles. The Morgan fingerprint density at radius 2 is 1.10 bits per heavy atom. The fraction of sp³-hybridized carbons (Fsp3) is 0.227. The van der Waals surface area contributed by atoms with Crippen LogP contribution in [0.5, 0.6) is 0 Å². The summed E-state index contributed by atoms with van der Waals surface area (Å²) in [6.45, 7) is 0. The Morgan fingerprint density at radius 3 is 1.69 bits per heavy atom. The zero-order valence-electron chi connectivity index (χ0n) is 31.3. The van der Waals surface area contributed by atoms with Crippen LogP contribution in [0.2, 0.25) is 0 Å². The van der Waals surface area contributed by atoms with E-state index in [1.54, 1.807) is 48.5 Å². The lowest BCUT2D eigenvalue weighted by molar-refractivity contribution is -0.142. The molecule has 0 aliphatic carbocycles. The molecule has 0 radical (unpaired) electrons. The third-order valence-electron chi connectivity index (χ3n) is 9.68. The Kier molecular flexibility index (Phi) is 13.8. The molecule has 5 aromatic rings. The highest BCUT2D eigenvalue weighted by atomic mass is 32.1. The van der Waals surface area contributed by atoms with Crippen LogP contribution in [-0.2, 0) is 54.5 Å². The van der Waals surface area contributed by atoms with Crippen molar-refractivity contribution in [3.63, 3.8) is 0 Å². The minimum atomic E-state index is -1.77. The van der Waals surface area contributed by atoms with Gasteiger partial charge in [0.15, 0.2) is 0 Å². The summed E-state index contributed by atoms with van der Waals surface area (Å²) in [4.78, 5) is 81.2. The number of fused-ring (bicyclic) bond motifs is 18. The zero-order chi connectivity index (χ0) is 41.0. The third-order valence-corrected chi connectivity index (χ3v) is 10.4. The van der Waals surface area contributed by atoms with Crippen molar-refractivity contribution in [1.29, 1.82) is 0 Å². The van der Waals surface area contributed by atoms with E-state index < -0.39 is 72.2 Å². The molecule has 0 unspecified atom stereocenters. The number of aliphatic carboxylic acids is 1. The van der Waals surface area contributed by atoms with Gasteiger partial charge in [0.25, 0.3) is 5.91 Å². The number of nitrogens with one attached hydrogen (secondary N) is 5. The summed E-state index contributed by atoms with van der Waals surface area (Å²) in [6.07, 6.45) is -2.55. The van der Waals surface area contributed by atoms with E-state index in [0.29, 0.717) is 16.7 Å². The molecule has 4 aromatic carbocycles. The van der Waals surface area contributed by atoms with Gasteiger partial charge in [0.2, 0.25) is 23.6 Å². The van der Waals surface area contributed by atoms with E-state index in [2.05, 4.69) is 26.6 Å². The number of hydrogen-bond acceptors (Lipinski definition) is 8. The summed E-state index contributed by atoms with van der Waals surface area (Å²) >= 11 is 1.39. The Hall–Kier alpha value is -6.64. The molecule has 2 aliphatic heterocycles. The van der Waals surface area contributed by atoms with Crippen molar-refractivity contribution in [2.24, 2.45) is 0 Å². The first-order chi connectivity index (χ1) is 28.0. The van der Waals surface area contributed by atoms with Crippen LogP contribution in [0, 0.1) is 0 Å². The van der Waals surface area contributed by atoms with Gasteiger partial charge in [-0.2, -0.15) is 11.3 Å². The molecule has 58 heavy (non-hydrogen) atoms. The molecule has 2 aliphatic rings. The van der Waals surface area contributed by atoms with Crippen molar-refractivity contribution in [2.75, 3.05) is 5.32 Å². The van der Waals surface area contributed by atoms with E-state index in [-0.39, 0.29) is 31.4 Å². The van der Waals surface area contributed by atoms with Crippen molar-refractivity contribution < 1.29 is 39.0 Å². The molecule has 298 valence electrons. The predicted octanol–water partition coefficient (Wildman–Crippen LogP) is 3.41. The number of carbonyl (C=O) groups excluding carboxylic acids is 5. The van der Waals surface area contributed by atoms with Crippen LogP contribution in [0.4, 0.5) is 5.69 Å². The van der Waals surface area contributed by atoms with Gasteiger partial charge in [-0.25, -0.2) is 4.79 Å². The number of aliphatic hydroxyl groups excluding tert-OH is 1. The molecule has 7 rings (SSSR count). The Balaban J connectivity index is 1.35. The summed E-state index contributed by atoms with van der Waals surface area (Å²) in [5.41, 5.74) is 4.80. The summed E-state index contributed by atoms with van der Waals surface area (Å²) in [6, 6.07) is 28.8. The fourth-order valence-electron chi connectivity index (χ4n) is 6.55. The number of thiophene rings is 1. The number of benzene rings is 4. The van der Waals surface area contributed by atoms with Crippen molar-refractivity contribution in [3.05, 3.63) is 148 Å². The molecule has 0 spiro atoms. The minimum Gasteiger partial charge on any atom is -0.480 e. The van der Waals surface area contributed by atoms with E-state index in [9.17, 15) is 39.0 Å². The first-order valence-corrected chi connectivity index (χ1v) is 19.7. The topological polar surface area (TPSA) is 203 Å². The predicted molar refractivity (Wildman–Crippen MR) is 219 cm³/mol. The summed E-state index contributed by atoms with van der Waals surface area (Å²) in [7, 11) is 0. The second kappa shape index (κ2) is 19.5. The summed E-state index contributed by atoms with van der Waals surface area (Å²) in [5, 5.41) is 37.7. The third kappa shape index (κ3) is 11.5. The van der Waals surface area contributed by atoms with Gasteiger partial charge in [-0.05, 0) is 62.3 Å². The molecule has 7 N–H and O–H groups in total. The fourth-order valence-corrected chi connectivity index (χ4v) is 7.23. The number of aliphatic hydroxyl groups is 1. The highest BCUT2D eigenvalue weighted by Gasteiger charge is 2.33. The Bertz CT molecular complexity index is 2200. The first-order valence-electron chi connectivity index (χ1n) is 18.7. The maximum Gasteiger partial charge on any atom is 0.326 e. The lowest BCUT2D eigenvalue weighted by atomic mass is 9.98. The SMILES string of the molecule is O=C1C[C@@H](O)C(=O)Nc2ccc(cc2)C[C@@H](C(=O)O)NC(=O)[C@@H](Cc2ccccc2)NC(=O)[C@H](Cc2ccc(-c3ccccc3)cc2)NC(=O)[C@@H](Cc2ccsc2)N1. The summed E-state index contributed by atoms with van der Waals surface area (Å²) in [5.74, 6) is -5.17. The highest BCUT2D eigenvalue weighted by molar-refractivity contribution is 7.07. The summed E-state index contributed by atoms with van der Waals surface area (Å²) < 4.78 is 0. The second-order valence-corrected chi connectivity index (χ2v) is 14.8. The highest BCUT2D eigenvalue weighted by Crippen LogP contribution is 2.20. The van der Waals surface area contributed by atoms with Gasteiger partial charge in [-0.3, -0.25) is 24.0 Å². The standard InChI is InChI=1S/C44H43N5O8S/c50-38-25-39(51)46-34(24-30-19-20-58-26-30)40(52)47-36(22-28-11-15-32(16-12-28)31-9-5-2-6-10-31)41(53)48-35(21-27-7-3-1-4-8-27)42(54)49-37(44(56)57)23-29-13-17-33(18-14-29)45-43(38)55/h1-20,26,34-38,50H,21-25H2,(H,45,55)(H,46,51)(H,47,52)(H,48,53)(H,49,54)(H,56,57)/t34-,35-,36+,37+,38-/m1/s1. The van der Waals surface area contributed by atoms with Crippen molar-refractivity contribution in [3.8, 4) is 11.1 Å². The number of carboxylic acid groups (broad SMARTS) is 1. The van der Waals surface area contributed by atoms with E-state index in [0.717, 1.165) is 16.7 Å². The van der Waals surface area contributed by atoms with Crippen LogP contribution >= 0.6 is 11.3 Å². The van der Waals surface area contributed by atoms with Crippen LogP contribution in [0.15, 0.2) is 126 Å². The second-order valence-electron chi connectivity index (χ2n) is 14.0. The zero-order valence-corrected chi connectivity index (χ0v) is 32.1. The molecule has 13 nitrogen and oxygen atoms in total. The monoisotopic (exact) mass is 801 g/mol.